The summed E-state index contributed by atoms with van der Waals surface area (Å²) in [6.45, 7) is 2.75. The zero-order valence-corrected chi connectivity index (χ0v) is 20.0. The zero-order chi connectivity index (χ0) is 22.8. The standard InChI is InChI=1S/C24H28N8S/c1-30(16-17-8-12-25-24(27-17)33-3)18-10-14-32(15-11-18)23-20-7-5-4-6-19(20)22(28-29-23)21-9-13-26-31(21)2/h4-9,12-13,18H,10-11,14-16H2,1-3H3. The van der Waals surface area contributed by atoms with Crippen LogP contribution in [0.1, 0.15) is 18.5 Å². The summed E-state index contributed by atoms with van der Waals surface area (Å²) in [5.41, 5.74) is 2.92. The van der Waals surface area contributed by atoms with E-state index in [0.29, 0.717) is 6.04 Å². The molecular weight excluding hydrogens is 432 g/mol. The molecule has 0 spiro atoms. The third kappa shape index (κ3) is 4.43. The molecule has 1 saturated heterocycles. The topological polar surface area (TPSA) is 75.9 Å². The van der Waals surface area contributed by atoms with Crippen LogP contribution in [0.25, 0.3) is 22.2 Å². The fraction of sp³-hybridized carbons (Fsp3) is 0.375. The van der Waals surface area contributed by atoms with Crippen LogP contribution in [-0.2, 0) is 13.6 Å². The Kier molecular flexibility index (Phi) is 6.24. The molecule has 1 aliphatic heterocycles. The summed E-state index contributed by atoms with van der Waals surface area (Å²) >= 11 is 1.58. The Bertz CT molecular complexity index is 1250. The summed E-state index contributed by atoms with van der Waals surface area (Å²) < 4.78 is 1.84. The van der Waals surface area contributed by atoms with Crippen LogP contribution in [0.3, 0.4) is 0 Å². The van der Waals surface area contributed by atoms with Crippen LogP contribution < -0.4 is 4.90 Å². The van der Waals surface area contributed by atoms with Crippen LogP contribution in [0.15, 0.2) is 53.9 Å². The Labute approximate surface area is 198 Å². The van der Waals surface area contributed by atoms with E-state index in [2.05, 4.69) is 66.4 Å². The van der Waals surface area contributed by atoms with E-state index in [4.69, 9.17) is 0 Å². The first-order valence-electron chi connectivity index (χ1n) is 11.2. The van der Waals surface area contributed by atoms with Gasteiger partial charge in [-0.2, -0.15) is 5.10 Å². The van der Waals surface area contributed by atoms with E-state index in [1.807, 2.05) is 36.3 Å². The van der Waals surface area contributed by atoms with Crippen molar-refractivity contribution in [3.05, 3.63) is 54.5 Å². The van der Waals surface area contributed by atoms with Gasteiger partial charge >= 0.3 is 0 Å². The first-order chi connectivity index (χ1) is 16.1. The predicted molar refractivity (Wildman–Crippen MR) is 132 cm³/mol. The summed E-state index contributed by atoms with van der Waals surface area (Å²) in [7, 11) is 4.13. The smallest absolute Gasteiger partial charge is 0.187 e. The SMILES string of the molecule is CSc1nccc(CN(C)C2CCN(c3nnc(-c4ccnn4C)c4ccccc34)CC2)n1. The normalized spacial score (nSPS) is 15.0. The van der Waals surface area contributed by atoms with Crippen molar-refractivity contribution in [3.8, 4) is 11.4 Å². The van der Waals surface area contributed by atoms with Gasteiger partial charge < -0.3 is 4.90 Å². The minimum Gasteiger partial charge on any atom is -0.354 e. The van der Waals surface area contributed by atoms with Crippen LogP contribution in [0.2, 0.25) is 0 Å². The summed E-state index contributed by atoms with van der Waals surface area (Å²) in [6, 6.07) is 12.9. The number of benzene rings is 1. The van der Waals surface area contributed by atoms with Gasteiger partial charge in [-0.3, -0.25) is 9.58 Å². The van der Waals surface area contributed by atoms with Crippen LogP contribution in [-0.4, -0.2) is 67.3 Å². The van der Waals surface area contributed by atoms with Crippen LogP contribution >= 0.6 is 11.8 Å². The number of rotatable bonds is 6. The summed E-state index contributed by atoms with van der Waals surface area (Å²) in [6.07, 6.45) is 7.81. The van der Waals surface area contributed by atoms with Gasteiger partial charge in [-0.25, -0.2) is 9.97 Å². The van der Waals surface area contributed by atoms with Crippen molar-refractivity contribution in [2.24, 2.45) is 7.05 Å². The highest BCUT2D eigenvalue weighted by molar-refractivity contribution is 7.98. The predicted octanol–water partition coefficient (Wildman–Crippen LogP) is 3.64. The van der Waals surface area contributed by atoms with Crippen molar-refractivity contribution in [2.75, 3.05) is 31.3 Å². The number of aromatic nitrogens is 6. The molecule has 8 nitrogen and oxygen atoms in total. The highest BCUT2D eigenvalue weighted by Gasteiger charge is 2.25. The molecule has 1 aromatic carbocycles. The van der Waals surface area contributed by atoms with Gasteiger partial charge in [0.05, 0.1) is 11.4 Å². The lowest BCUT2D eigenvalue weighted by molar-refractivity contribution is 0.197. The number of nitrogens with zero attached hydrogens (tertiary/aromatic N) is 8. The lowest BCUT2D eigenvalue weighted by Crippen LogP contribution is -2.43. The Morgan fingerprint density at radius 1 is 1.03 bits per heavy atom. The van der Waals surface area contributed by atoms with Crippen molar-refractivity contribution in [3.63, 3.8) is 0 Å². The number of hydrogen-bond acceptors (Lipinski definition) is 8. The fourth-order valence-corrected chi connectivity index (χ4v) is 4.96. The Balaban J connectivity index is 1.32. The minimum atomic E-state index is 0.516. The van der Waals surface area contributed by atoms with Gasteiger partial charge in [0.1, 0.15) is 5.69 Å². The number of piperidine rings is 1. The largest absolute Gasteiger partial charge is 0.354 e. The molecular formula is C24H28N8S. The molecule has 170 valence electrons. The number of hydrogen-bond donors (Lipinski definition) is 0. The molecule has 0 amide bonds. The number of thioether (sulfide) groups is 1. The first-order valence-corrected chi connectivity index (χ1v) is 12.4. The van der Waals surface area contributed by atoms with E-state index < -0.39 is 0 Å². The number of fused-ring (bicyclic) bond motifs is 1. The molecule has 4 aromatic rings. The number of anilines is 1. The minimum absolute atomic E-state index is 0.516. The molecule has 1 fully saturated rings. The highest BCUT2D eigenvalue weighted by Crippen LogP contribution is 2.32. The van der Waals surface area contributed by atoms with E-state index in [1.165, 1.54) is 0 Å². The average Bonchev–Trinajstić information content (AvgIpc) is 3.29. The fourth-order valence-electron chi connectivity index (χ4n) is 4.58. The van der Waals surface area contributed by atoms with Gasteiger partial charge in [0.25, 0.3) is 0 Å². The van der Waals surface area contributed by atoms with Crippen molar-refractivity contribution >= 4 is 28.4 Å². The van der Waals surface area contributed by atoms with Crippen molar-refractivity contribution in [1.29, 1.82) is 0 Å². The molecule has 33 heavy (non-hydrogen) atoms. The van der Waals surface area contributed by atoms with Gasteiger partial charge in [-0.1, -0.05) is 36.0 Å². The monoisotopic (exact) mass is 460 g/mol. The lowest BCUT2D eigenvalue weighted by atomic mass is 10.0. The summed E-state index contributed by atoms with van der Waals surface area (Å²) in [4.78, 5) is 13.7. The molecule has 1 aliphatic rings. The second-order valence-corrected chi connectivity index (χ2v) is 9.20. The maximum absolute atomic E-state index is 4.69. The molecule has 4 heterocycles. The van der Waals surface area contributed by atoms with Crippen LogP contribution in [0.5, 0.6) is 0 Å². The van der Waals surface area contributed by atoms with Crippen molar-refractivity contribution < 1.29 is 0 Å². The Hall–Kier alpha value is -3.04. The molecule has 0 radical (unpaired) electrons. The third-order valence-corrected chi connectivity index (χ3v) is 6.97. The van der Waals surface area contributed by atoms with E-state index in [0.717, 1.165) is 71.3 Å². The van der Waals surface area contributed by atoms with E-state index in [1.54, 1.807) is 18.0 Å². The maximum Gasteiger partial charge on any atom is 0.187 e. The van der Waals surface area contributed by atoms with Gasteiger partial charge in [-0.15, -0.1) is 10.2 Å². The van der Waals surface area contributed by atoms with Gasteiger partial charge in [0.2, 0.25) is 0 Å². The molecule has 0 saturated carbocycles. The Morgan fingerprint density at radius 3 is 2.55 bits per heavy atom. The van der Waals surface area contributed by atoms with E-state index in [-0.39, 0.29) is 0 Å². The Morgan fingerprint density at radius 2 is 1.82 bits per heavy atom. The molecule has 0 unspecified atom stereocenters. The molecule has 9 heteroatoms. The van der Waals surface area contributed by atoms with Gasteiger partial charge in [0.15, 0.2) is 11.0 Å². The highest BCUT2D eigenvalue weighted by atomic mass is 32.2. The molecule has 0 atom stereocenters. The summed E-state index contributed by atoms with van der Waals surface area (Å²) in [5, 5.41) is 16.7. The van der Waals surface area contributed by atoms with Crippen LogP contribution in [0, 0.1) is 0 Å². The van der Waals surface area contributed by atoms with Crippen LogP contribution in [0.4, 0.5) is 5.82 Å². The second-order valence-electron chi connectivity index (χ2n) is 8.43. The maximum atomic E-state index is 4.69. The average molecular weight is 461 g/mol. The molecule has 5 rings (SSSR count). The van der Waals surface area contributed by atoms with Gasteiger partial charge in [-0.05, 0) is 38.3 Å². The van der Waals surface area contributed by atoms with Crippen molar-refractivity contribution in [2.45, 2.75) is 30.6 Å². The second kappa shape index (κ2) is 9.44. The molecule has 0 aliphatic carbocycles. The van der Waals surface area contributed by atoms with E-state index in [9.17, 15) is 0 Å². The quantitative estimate of drug-likeness (QED) is 0.319. The molecule has 3 aromatic heterocycles. The first kappa shape index (κ1) is 21.8. The lowest BCUT2D eigenvalue weighted by Gasteiger charge is -2.37. The third-order valence-electron chi connectivity index (χ3n) is 6.40. The van der Waals surface area contributed by atoms with E-state index >= 15 is 0 Å². The molecule has 0 bridgehead atoms. The van der Waals surface area contributed by atoms with Gasteiger partial charge in [0, 0.05) is 55.9 Å². The number of aryl methyl sites for hydroxylation is 1. The zero-order valence-electron chi connectivity index (χ0n) is 19.2. The van der Waals surface area contributed by atoms with Crippen molar-refractivity contribution in [1.82, 2.24) is 34.8 Å². The summed E-state index contributed by atoms with van der Waals surface area (Å²) in [5.74, 6) is 0.970. The molecule has 0 N–H and O–H groups in total.